The summed E-state index contributed by atoms with van der Waals surface area (Å²) in [5.74, 6) is -2.89. The van der Waals surface area contributed by atoms with Crippen LogP contribution in [0.4, 0.5) is 17.1 Å². The summed E-state index contributed by atoms with van der Waals surface area (Å²) in [4.78, 5) is 31.9. The third-order valence-electron chi connectivity index (χ3n) is 5.59. The second-order valence-corrected chi connectivity index (χ2v) is 11.6. The van der Waals surface area contributed by atoms with Gasteiger partial charge in [-0.1, -0.05) is 24.3 Å². The van der Waals surface area contributed by atoms with Gasteiger partial charge < -0.3 is 68.1 Å². The van der Waals surface area contributed by atoms with Crippen LogP contribution in [-0.4, -0.2) is 91.6 Å². The summed E-state index contributed by atoms with van der Waals surface area (Å²) < 4.78 is 1.85. The lowest BCUT2D eigenvalue weighted by Crippen LogP contribution is -3.00. The Morgan fingerprint density at radius 1 is 0.512 bits per heavy atom. The fourth-order valence-electron chi connectivity index (χ4n) is 3.16. The van der Waals surface area contributed by atoms with E-state index in [9.17, 15) is 19.5 Å². The molecule has 226 valence electrons. The van der Waals surface area contributed by atoms with Gasteiger partial charge in [-0.25, -0.2) is 9.59 Å². The van der Waals surface area contributed by atoms with E-state index < -0.39 is 17.9 Å². The predicted molar refractivity (Wildman–Crippen MR) is 156 cm³/mol. The summed E-state index contributed by atoms with van der Waals surface area (Å²) in [5, 5.41) is 28.1. The summed E-state index contributed by atoms with van der Waals surface area (Å²) in [6, 6.07) is 20.8. The van der Waals surface area contributed by atoms with Gasteiger partial charge in [0, 0.05) is 23.8 Å². The molecule has 2 N–H and O–H groups in total. The highest BCUT2D eigenvalue weighted by atomic mass is 127. The van der Waals surface area contributed by atoms with Crippen molar-refractivity contribution in [2.75, 3.05) is 63.4 Å². The third kappa shape index (κ3) is 14.2. The van der Waals surface area contributed by atoms with Gasteiger partial charge in [0.1, 0.15) is 17.1 Å². The van der Waals surface area contributed by atoms with Crippen molar-refractivity contribution in [2.45, 2.75) is 0 Å². The zero-order valence-electron chi connectivity index (χ0n) is 25.1. The molecule has 0 aliphatic rings. The summed E-state index contributed by atoms with van der Waals surface area (Å²) >= 11 is 0. The molecule has 11 heteroatoms. The number of halogens is 2. The molecule has 0 amide bonds. The van der Waals surface area contributed by atoms with E-state index in [1.807, 2.05) is 81.6 Å². The molecule has 3 aromatic rings. The molecule has 0 aliphatic heterocycles. The largest absolute Gasteiger partial charge is 1.00 e. The maximum atomic E-state index is 10.7. The fourth-order valence-corrected chi connectivity index (χ4v) is 3.16. The third-order valence-corrected chi connectivity index (χ3v) is 5.59. The number of carbonyl (C=O) groups is 3. The first-order valence-corrected chi connectivity index (χ1v) is 12.2. The predicted octanol–water partition coefficient (Wildman–Crippen LogP) is -2.58. The quantitative estimate of drug-likeness (QED) is 0.210. The van der Waals surface area contributed by atoms with Crippen LogP contribution in [0.25, 0.3) is 0 Å². The van der Waals surface area contributed by atoms with Crippen LogP contribution in [-0.2, 0) is 0 Å². The van der Waals surface area contributed by atoms with Gasteiger partial charge in [0.25, 0.3) is 0 Å². The first-order valence-electron chi connectivity index (χ1n) is 12.2. The van der Waals surface area contributed by atoms with Crippen LogP contribution in [0, 0.1) is 0 Å². The van der Waals surface area contributed by atoms with Gasteiger partial charge >= 0.3 is 11.9 Å². The second-order valence-electron chi connectivity index (χ2n) is 11.6. The van der Waals surface area contributed by atoms with Crippen molar-refractivity contribution in [2.24, 2.45) is 0 Å². The molecule has 0 bridgehead atoms. The molecule has 0 aliphatic carbocycles. The number of carbonyl (C=O) groups excluding carboxylic acids is 1. The molecular weight excluding hydrogens is 752 g/mol. The van der Waals surface area contributed by atoms with Crippen LogP contribution in [0.3, 0.4) is 0 Å². The maximum Gasteiger partial charge on any atom is 0.335 e. The topological polar surface area (TPSA) is 115 Å². The van der Waals surface area contributed by atoms with Crippen molar-refractivity contribution in [1.29, 1.82) is 0 Å². The fraction of sp³-hybridized carbons (Fsp3) is 0.300. The van der Waals surface area contributed by atoms with E-state index >= 15 is 0 Å². The lowest BCUT2D eigenvalue weighted by atomic mass is 10.2. The van der Waals surface area contributed by atoms with Crippen LogP contribution in [0.2, 0.25) is 0 Å². The Hall–Kier alpha value is -2.59. The average molecular weight is 793 g/mol. The summed E-state index contributed by atoms with van der Waals surface area (Å²) in [6.07, 6.45) is 0. The van der Waals surface area contributed by atoms with Crippen LogP contribution in [0.15, 0.2) is 72.8 Å². The minimum absolute atomic E-state index is 0. The summed E-state index contributed by atoms with van der Waals surface area (Å²) in [6.45, 7) is 0. The summed E-state index contributed by atoms with van der Waals surface area (Å²) in [7, 11) is 17.9. The van der Waals surface area contributed by atoms with E-state index in [1.165, 1.54) is 6.07 Å². The van der Waals surface area contributed by atoms with Gasteiger partial charge in [0.05, 0.1) is 80.5 Å². The number of benzene rings is 3. The smallest absolute Gasteiger partial charge is 0.335 e. The maximum absolute atomic E-state index is 10.7. The van der Waals surface area contributed by atoms with Crippen LogP contribution < -0.4 is 66.5 Å². The van der Waals surface area contributed by atoms with Crippen molar-refractivity contribution < 1.29 is 77.7 Å². The molecule has 41 heavy (non-hydrogen) atoms. The van der Waals surface area contributed by atoms with E-state index in [2.05, 4.69) is 0 Å². The van der Waals surface area contributed by atoms with Crippen molar-refractivity contribution in [3.63, 3.8) is 0 Å². The standard InChI is InChI=1S/3C10H13NO2.2HI/c3*1-11(2,3)9-6-4-5-8(7-9)10(12)13;;/h3*4-7H,1-3H3;2*1H. The van der Waals surface area contributed by atoms with Crippen molar-refractivity contribution in [3.05, 3.63) is 89.5 Å². The average Bonchev–Trinajstić information content (AvgIpc) is 2.83. The minimum Gasteiger partial charge on any atom is -1.00 e. The Bertz CT molecular complexity index is 1150. The number of rotatable bonds is 6. The Morgan fingerprint density at radius 2 is 0.756 bits per heavy atom. The number of carboxylic acid groups (broad SMARTS) is 3. The molecule has 0 heterocycles. The number of aromatic carboxylic acids is 3. The van der Waals surface area contributed by atoms with Gasteiger partial charge in [0.15, 0.2) is 0 Å². The van der Waals surface area contributed by atoms with Crippen LogP contribution in [0.1, 0.15) is 31.1 Å². The first-order chi connectivity index (χ1) is 17.7. The first kappa shape index (κ1) is 40.5. The number of carboxylic acids is 3. The summed E-state index contributed by atoms with van der Waals surface area (Å²) in [5.41, 5.74) is 3.82. The van der Waals surface area contributed by atoms with E-state index in [1.54, 1.807) is 48.5 Å². The lowest BCUT2D eigenvalue weighted by molar-refractivity contribution is -0.255. The van der Waals surface area contributed by atoms with Crippen LogP contribution in [0.5, 0.6) is 0 Å². The molecule has 0 unspecified atom stereocenters. The molecule has 0 saturated carbocycles. The van der Waals surface area contributed by atoms with Gasteiger partial charge in [-0.15, -0.1) is 0 Å². The van der Waals surface area contributed by atoms with Crippen molar-refractivity contribution >= 4 is 35.0 Å². The highest BCUT2D eigenvalue weighted by Gasteiger charge is 2.15. The van der Waals surface area contributed by atoms with Gasteiger partial charge in [0.2, 0.25) is 0 Å². The second kappa shape index (κ2) is 16.8. The zero-order valence-corrected chi connectivity index (χ0v) is 29.4. The number of hydrogen-bond acceptors (Lipinski definition) is 4. The SMILES string of the molecule is C[N+](C)(C)c1cccc(C(=O)O)c1.C[N+](C)(C)c1cccc(C(=O)O)c1.C[N+](C)(C)c1cccc(C(=O)[O-])c1.[I-].[I-]. The highest BCUT2D eigenvalue weighted by molar-refractivity contribution is 5.89. The van der Waals surface area contributed by atoms with E-state index in [4.69, 9.17) is 10.2 Å². The molecule has 9 nitrogen and oxygen atoms in total. The van der Waals surface area contributed by atoms with Gasteiger partial charge in [-0.05, 0) is 30.3 Å². The molecule has 0 saturated heterocycles. The highest BCUT2D eigenvalue weighted by Crippen LogP contribution is 2.19. The normalized spacial score (nSPS) is 10.8. The van der Waals surface area contributed by atoms with Gasteiger partial charge in [-0.3, -0.25) is 13.4 Å². The van der Waals surface area contributed by atoms with E-state index in [-0.39, 0.29) is 53.5 Å². The number of hydrogen-bond donors (Lipinski definition) is 2. The Labute approximate surface area is 277 Å². The monoisotopic (exact) mass is 793 g/mol. The number of nitrogens with zero attached hydrogens (tertiary/aromatic N) is 3. The molecule has 0 aromatic heterocycles. The van der Waals surface area contributed by atoms with Crippen molar-refractivity contribution in [3.8, 4) is 0 Å². The molecule has 3 rings (SSSR count). The molecule has 0 atom stereocenters. The van der Waals surface area contributed by atoms with Crippen LogP contribution >= 0.6 is 0 Å². The molecule has 0 radical (unpaired) electrons. The number of quaternary nitrogens is 3. The Morgan fingerprint density at radius 3 is 0.976 bits per heavy atom. The molecule has 0 spiro atoms. The Balaban J connectivity index is 0. The molecular formula is C30H41I2N3O6. The van der Waals surface area contributed by atoms with Gasteiger partial charge in [-0.2, -0.15) is 0 Å². The molecule has 0 fully saturated rings. The van der Waals surface area contributed by atoms with Crippen molar-refractivity contribution in [1.82, 2.24) is 13.4 Å². The Kier molecular flexibility index (Phi) is 16.6. The van der Waals surface area contributed by atoms with E-state index in [0.717, 1.165) is 17.1 Å². The van der Waals surface area contributed by atoms with E-state index in [0.29, 0.717) is 24.6 Å². The lowest BCUT2D eigenvalue weighted by Gasteiger charge is -2.23. The zero-order chi connectivity index (χ0) is 30.2. The minimum atomic E-state index is -1.13. The molecule has 3 aromatic carbocycles.